The molecule has 0 saturated heterocycles. The van der Waals surface area contributed by atoms with Gasteiger partial charge < -0.3 is 5.32 Å². The lowest BCUT2D eigenvalue weighted by Gasteiger charge is -2.04. The number of nitrogens with one attached hydrogen (secondary N) is 1. The van der Waals surface area contributed by atoms with Crippen LogP contribution in [0.5, 0.6) is 0 Å². The second kappa shape index (κ2) is 3.85. The summed E-state index contributed by atoms with van der Waals surface area (Å²) in [4.78, 5) is 11.1. The topological polar surface area (TPSA) is 29.1 Å². The molecular weight excluding hydrogens is 157 g/mol. The van der Waals surface area contributed by atoms with Crippen LogP contribution in [-0.4, -0.2) is 12.2 Å². The zero-order chi connectivity index (χ0) is 8.97. The predicted octanol–water partition coefficient (Wildman–Crippen LogP) is 1.73. The van der Waals surface area contributed by atoms with E-state index in [1.165, 1.54) is 6.92 Å². The van der Waals surface area contributed by atoms with E-state index in [0.717, 1.165) is 0 Å². The van der Waals surface area contributed by atoms with E-state index in [0.29, 0.717) is 5.56 Å². The number of alkyl halides is 1. The first-order valence-electron chi connectivity index (χ1n) is 3.70. The predicted molar refractivity (Wildman–Crippen MR) is 44.5 cm³/mol. The van der Waals surface area contributed by atoms with Crippen LogP contribution in [0, 0.1) is 0 Å². The average molecular weight is 167 g/mol. The number of hydrogen-bond donors (Lipinski definition) is 1. The van der Waals surface area contributed by atoms with E-state index < -0.39 is 6.30 Å². The molecule has 2 nitrogen and oxygen atoms in total. The normalized spacial score (nSPS) is 12.2. The van der Waals surface area contributed by atoms with Gasteiger partial charge in [-0.05, 0) is 19.1 Å². The highest BCUT2D eigenvalue weighted by Gasteiger charge is 2.06. The fourth-order valence-electron chi connectivity index (χ4n) is 0.854. The van der Waals surface area contributed by atoms with Gasteiger partial charge in [0, 0.05) is 5.56 Å². The molecule has 0 aliphatic carbocycles. The first kappa shape index (κ1) is 8.71. The number of benzene rings is 1. The molecule has 0 aromatic heterocycles. The van der Waals surface area contributed by atoms with Crippen LogP contribution < -0.4 is 5.32 Å². The maximum atomic E-state index is 12.3. The third-order valence-corrected chi connectivity index (χ3v) is 1.37. The van der Waals surface area contributed by atoms with Crippen LogP contribution in [0.15, 0.2) is 30.3 Å². The summed E-state index contributed by atoms with van der Waals surface area (Å²) in [6.45, 7) is 1.28. The zero-order valence-electron chi connectivity index (χ0n) is 6.75. The smallest absolute Gasteiger partial charge is 0.253 e. The van der Waals surface area contributed by atoms with Gasteiger partial charge in [-0.1, -0.05) is 18.2 Å². The minimum absolute atomic E-state index is 0.384. The number of halogens is 1. The minimum atomic E-state index is -1.31. The molecule has 1 amide bonds. The van der Waals surface area contributed by atoms with Gasteiger partial charge in [-0.3, -0.25) is 4.79 Å². The number of rotatable bonds is 2. The van der Waals surface area contributed by atoms with Crippen LogP contribution in [0.25, 0.3) is 0 Å². The monoisotopic (exact) mass is 167 g/mol. The number of carbonyl (C=O) groups excluding carboxylic acids is 1. The fourth-order valence-corrected chi connectivity index (χ4v) is 0.854. The molecule has 1 rings (SSSR count). The van der Waals surface area contributed by atoms with Gasteiger partial charge in [0.15, 0.2) is 6.30 Å². The summed E-state index contributed by atoms with van der Waals surface area (Å²) in [5, 5.41) is 2.15. The van der Waals surface area contributed by atoms with Crippen molar-refractivity contribution in [1.29, 1.82) is 0 Å². The van der Waals surface area contributed by atoms with Crippen molar-refractivity contribution in [2.75, 3.05) is 0 Å². The third-order valence-electron chi connectivity index (χ3n) is 1.37. The summed E-state index contributed by atoms with van der Waals surface area (Å²) in [7, 11) is 0. The Bertz CT molecular complexity index is 258. The van der Waals surface area contributed by atoms with Crippen molar-refractivity contribution in [3.8, 4) is 0 Å². The van der Waals surface area contributed by atoms with E-state index in [-0.39, 0.29) is 5.91 Å². The lowest BCUT2D eigenvalue weighted by atomic mass is 10.2. The molecule has 1 N–H and O–H groups in total. The molecule has 3 heteroatoms. The molecule has 1 unspecified atom stereocenters. The van der Waals surface area contributed by atoms with Crippen molar-refractivity contribution in [2.45, 2.75) is 13.2 Å². The van der Waals surface area contributed by atoms with Gasteiger partial charge in [-0.2, -0.15) is 0 Å². The Morgan fingerprint density at radius 3 is 2.50 bits per heavy atom. The first-order valence-corrected chi connectivity index (χ1v) is 3.70. The lowest BCUT2D eigenvalue weighted by Crippen LogP contribution is -2.28. The Labute approximate surface area is 70.4 Å². The average Bonchev–Trinajstić information content (AvgIpc) is 2.05. The summed E-state index contributed by atoms with van der Waals surface area (Å²) in [6, 6.07) is 8.54. The standard InChI is InChI=1S/C9H10FNO/c1-7(10)11-9(12)8-5-3-2-4-6-8/h2-7H,1H3,(H,11,12). The molecule has 0 spiro atoms. The van der Waals surface area contributed by atoms with Gasteiger partial charge in [0.1, 0.15) is 0 Å². The van der Waals surface area contributed by atoms with Crippen molar-refractivity contribution < 1.29 is 9.18 Å². The van der Waals surface area contributed by atoms with Gasteiger partial charge in [0.25, 0.3) is 5.91 Å². The molecule has 12 heavy (non-hydrogen) atoms. The maximum Gasteiger partial charge on any atom is 0.253 e. The van der Waals surface area contributed by atoms with Crippen molar-refractivity contribution in [3.05, 3.63) is 35.9 Å². The quantitative estimate of drug-likeness (QED) is 0.668. The molecule has 0 heterocycles. The van der Waals surface area contributed by atoms with E-state index in [2.05, 4.69) is 5.32 Å². The molecule has 64 valence electrons. The van der Waals surface area contributed by atoms with Gasteiger partial charge >= 0.3 is 0 Å². The Hall–Kier alpha value is -1.38. The first-order chi connectivity index (χ1) is 5.70. The molecule has 0 bridgehead atoms. The van der Waals surface area contributed by atoms with E-state index in [1.807, 2.05) is 0 Å². The van der Waals surface area contributed by atoms with Crippen LogP contribution in [0.4, 0.5) is 4.39 Å². The SMILES string of the molecule is CC(F)NC(=O)c1ccccc1. The Morgan fingerprint density at radius 1 is 1.42 bits per heavy atom. The highest BCUT2D eigenvalue weighted by Crippen LogP contribution is 1.98. The van der Waals surface area contributed by atoms with Crippen molar-refractivity contribution in [2.24, 2.45) is 0 Å². The van der Waals surface area contributed by atoms with Crippen LogP contribution in [0.2, 0.25) is 0 Å². The van der Waals surface area contributed by atoms with Crippen LogP contribution in [0.1, 0.15) is 17.3 Å². The lowest BCUT2D eigenvalue weighted by molar-refractivity contribution is 0.0904. The number of amides is 1. The molecule has 1 atom stereocenters. The molecule has 1 aromatic carbocycles. The van der Waals surface area contributed by atoms with Gasteiger partial charge in [-0.25, -0.2) is 4.39 Å². The van der Waals surface area contributed by atoms with E-state index >= 15 is 0 Å². The second-order valence-corrected chi connectivity index (χ2v) is 2.46. The summed E-state index contributed by atoms with van der Waals surface area (Å²) in [5.41, 5.74) is 0.474. The Morgan fingerprint density at radius 2 is 2.00 bits per heavy atom. The third kappa shape index (κ3) is 2.34. The molecule has 1 aromatic rings. The molecule has 0 saturated carbocycles. The summed E-state index contributed by atoms with van der Waals surface area (Å²) >= 11 is 0. The summed E-state index contributed by atoms with van der Waals surface area (Å²) in [6.07, 6.45) is -1.31. The summed E-state index contributed by atoms with van der Waals surface area (Å²) in [5.74, 6) is -0.384. The van der Waals surface area contributed by atoms with Crippen molar-refractivity contribution in [1.82, 2.24) is 5.32 Å². The second-order valence-electron chi connectivity index (χ2n) is 2.46. The molecular formula is C9H10FNO. The van der Waals surface area contributed by atoms with E-state index in [4.69, 9.17) is 0 Å². The van der Waals surface area contributed by atoms with Crippen LogP contribution >= 0.6 is 0 Å². The largest absolute Gasteiger partial charge is 0.323 e. The van der Waals surface area contributed by atoms with Crippen molar-refractivity contribution >= 4 is 5.91 Å². The fraction of sp³-hybridized carbons (Fsp3) is 0.222. The maximum absolute atomic E-state index is 12.3. The summed E-state index contributed by atoms with van der Waals surface area (Å²) < 4.78 is 12.3. The Balaban J connectivity index is 2.66. The Kier molecular flexibility index (Phi) is 2.80. The number of carbonyl (C=O) groups is 1. The van der Waals surface area contributed by atoms with Crippen LogP contribution in [0.3, 0.4) is 0 Å². The van der Waals surface area contributed by atoms with Gasteiger partial charge in [-0.15, -0.1) is 0 Å². The number of hydrogen-bond acceptors (Lipinski definition) is 1. The van der Waals surface area contributed by atoms with E-state index in [1.54, 1.807) is 30.3 Å². The molecule has 0 fully saturated rings. The van der Waals surface area contributed by atoms with Crippen molar-refractivity contribution in [3.63, 3.8) is 0 Å². The van der Waals surface area contributed by atoms with Gasteiger partial charge in [0.05, 0.1) is 0 Å². The van der Waals surface area contributed by atoms with Crippen LogP contribution in [-0.2, 0) is 0 Å². The minimum Gasteiger partial charge on any atom is -0.323 e. The molecule has 0 aliphatic rings. The molecule has 0 radical (unpaired) electrons. The molecule has 0 aliphatic heterocycles. The van der Waals surface area contributed by atoms with Gasteiger partial charge in [0.2, 0.25) is 0 Å². The van der Waals surface area contributed by atoms with E-state index in [9.17, 15) is 9.18 Å². The highest BCUT2D eigenvalue weighted by atomic mass is 19.1. The highest BCUT2D eigenvalue weighted by molar-refractivity contribution is 5.94. The zero-order valence-corrected chi connectivity index (χ0v) is 6.75.